The maximum Gasteiger partial charge on any atom is 0.409 e. The van der Waals surface area contributed by atoms with Crippen LogP contribution in [0.15, 0.2) is 41.8 Å². The monoisotopic (exact) mass is 359 g/mol. The first-order valence-electron chi connectivity index (χ1n) is 8.29. The Bertz CT molecular complexity index is 725. The first-order valence-corrected chi connectivity index (χ1v) is 9.17. The van der Waals surface area contributed by atoms with Crippen LogP contribution < -0.4 is 5.32 Å². The number of nitrogens with zero attached hydrogens (tertiary/aromatic N) is 2. The first-order chi connectivity index (χ1) is 12.2. The van der Waals surface area contributed by atoms with Crippen molar-refractivity contribution in [3.8, 4) is 10.4 Å². The van der Waals surface area contributed by atoms with Gasteiger partial charge in [-0.05, 0) is 24.4 Å². The van der Waals surface area contributed by atoms with Crippen molar-refractivity contribution < 1.29 is 14.3 Å². The zero-order valence-corrected chi connectivity index (χ0v) is 14.9. The number of anilines is 1. The Morgan fingerprint density at radius 1 is 1.08 bits per heavy atom. The van der Waals surface area contributed by atoms with Crippen LogP contribution in [0.25, 0.3) is 10.4 Å². The minimum atomic E-state index is -0.314. The Kier molecular flexibility index (Phi) is 5.55. The SMILES string of the molecule is CCOC(=O)N1CCN(C(=O)Nc2ccccc2-c2cccs2)CC1. The van der Waals surface area contributed by atoms with Gasteiger partial charge in [0, 0.05) is 36.6 Å². The van der Waals surface area contributed by atoms with Crippen molar-refractivity contribution in [3.63, 3.8) is 0 Å². The second-order valence-corrected chi connectivity index (χ2v) is 6.57. The third-order valence-corrected chi connectivity index (χ3v) is 4.95. The molecule has 0 bridgehead atoms. The fourth-order valence-electron chi connectivity index (χ4n) is 2.74. The van der Waals surface area contributed by atoms with Crippen LogP contribution in [-0.2, 0) is 4.74 Å². The molecule has 1 aromatic heterocycles. The molecular weight excluding hydrogens is 338 g/mol. The zero-order chi connectivity index (χ0) is 17.6. The summed E-state index contributed by atoms with van der Waals surface area (Å²) < 4.78 is 5.00. The smallest absolute Gasteiger partial charge is 0.409 e. The minimum Gasteiger partial charge on any atom is -0.450 e. The number of carbonyl (C=O) groups is 2. The summed E-state index contributed by atoms with van der Waals surface area (Å²) in [5.41, 5.74) is 1.80. The molecule has 0 saturated carbocycles. The number of carbonyl (C=O) groups excluding carboxylic acids is 2. The van der Waals surface area contributed by atoms with E-state index in [1.165, 1.54) is 0 Å². The Hall–Kier alpha value is -2.54. The molecule has 1 aromatic carbocycles. The van der Waals surface area contributed by atoms with Gasteiger partial charge in [0.2, 0.25) is 0 Å². The molecule has 2 heterocycles. The molecule has 0 atom stereocenters. The Morgan fingerprint density at radius 2 is 1.80 bits per heavy atom. The Morgan fingerprint density at radius 3 is 2.48 bits per heavy atom. The molecule has 7 heteroatoms. The third-order valence-electron chi connectivity index (χ3n) is 4.05. The molecule has 1 aliphatic heterocycles. The highest BCUT2D eigenvalue weighted by Gasteiger charge is 2.25. The third kappa shape index (κ3) is 4.11. The van der Waals surface area contributed by atoms with E-state index in [9.17, 15) is 9.59 Å². The van der Waals surface area contributed by atoms with Gasteiger partial charge in [-0.3, -0.25) is 0 Å². The molecule has 0 spiro atoms. The van der Waals surface area contributed by atoms with Crippen LogP contribution >= 0.6 is 11.3 Å². The lowest BCUT2D eigenvalue weighted by atomic mass is 10.1. The number of urea groups is 1. The molecule has 3 rings (SSSR count). The van der Waals surface area contributed by atoms with Crippen molar-refractivity contribution in [3.05, 3.63) is 41.8 Å². The predicted molar refractivity (Wildman–Crippen MR) is 98.9 cm³/mol. The zero-order valence-electron chi connectivity index (χ0n) is 14.1. The number of hydrogen-bond acceptors (Lipinski definition) is 4. The predicted octanol–water partition coefficient (Wildman–Crippen LogP) is 3.72. The lowest BCUT2D eigenvalue weighted by molar-refractivity contribution is 0.0869. The minimum absolute atomic E-state index is 0.146. The fourth-order valence-corrected chi connectivity index (χ4v) is 3.51. The van der Waals surface area contributed by atoms with E-state index in [0.29, 0.717) is 32.8 Å². The summed E-state index contributed by atoms with van der Waals surface area (Å²) in [5.74, 6) is 0. The topological polar surface area (TPSA) is 61.9 Å². The summed E-state index contributed by atoms with van der Waals surface area (Å²) in [6, 6.07) is 11.7. The van der Waals surface area contributed by atoms with Crippen LogP contribution in [0.3, 0.4) is 0 Å². The fraction of sp³-hybridized carbons (Fsp3) is 0.333. The van der Waals surface area contributed by atoms with Gasteiger partial charge in [-0.2, -0.15) is 0 Å². The molecule has 0 unspecified atom stereocenters. The van der Waals surface area contributed by atoms with E-state index in [1.807, 2.05) is 41.8 Å². The molecule has 1 saturated heterocycles. The number of hydrogen-bond donors (Lipinski definition) is 1. The quantitative estimate of drug-likeness (QED) is 0.908. The number of nitrogens with one attached hydrogen (secondary N) is 1. The molecule has 6 nitrogen and oxygen atoms in total. The van der Waals surface area contributed by atoms with Crippen LogP contribution in [0.5, 0.6) is 0 Å². The summed E-state index contributed by atoms with van der Waals surface area (Å²) in [4.78, 5) is 28.8. The van der Waals surface area contributed by atoms with Crippen molar-refractivity contribution in [1.29, 1.82) is 0 Å². The van der Waals surface area contributed by atoms with Crippen molar-refractivity contribution >= 4 is 29.1 Å². The molecule has 1 aliphatic rings. The van der Waals surface area contributed by atoms with Crippen LogP contribution in [0.2, 0.25) is 0 Å². The van der Waals surface area contributed by atoms with E-state index in [0.717, 1.165) is 16.1 Å². The van der Waals surface area contributed by atoms with E-state index in [1.54, 1.807) is 28.1 Å². The second kappa shape index (κ2) is 8.02. The summed E-state index contributed by atoms with van der Waals surface area (Å²) in [5, 5.41) is 5.01. The highest BCUT2D eigenvalue weighted by molar-refractivity contribution is 7.13. The normalized spacial score (nSPS) is 14.3. The summed E-state index contributed by atoms with van der Waals surface area (Å²) in [6.07, 6.45) is -0.314. The van der Waals surface area contributed by atoms with E-state index >= 15 is 0 Å². The standard InChI is InChI=1S/C18H21N3O3S/c1-2-24-18(23)21-11-9-20(10-12-21)17(22)19-15-7-4-3-6-14(15)16-8-5-13-25-16/h3-8,13H,2,9-12H2,1H3,(H,19,22). The second-order valence-electron chi connectivity index (χ2n) is 5.63. The van der Waals surface area contributed by atoms with Crippen molar-refractivity contribution in [2.24, 2.45) is 0 Å². The summed E-state index contributed by atoms with van der Waals surface area (Å²) in [7, 11) is 0. The molecule has 2 aromatic rings. The average molecular weight is 359 g/mol. The van der Waals surface area contributed by atoms with Crippen LogP contribution in [0.4, 0.5) is 15.3 Å². The van der Waals surface area contributed by atoms with Crippen LogP contribution in [0, 0.1) is 0 Å². The highest BCUT2D eigenvalue weighted by atomic mass is 32.1. The molecule has 25 heavy (non-hydrogen) atoms. The number of rotatable bonds is 3. The van der Waals surface area contributed by atoms with Crippen molar-refractivity contribution in [1.82, 2.24) is 9.80 Å². The number of thiophene rings is 1. The highest BCUT2D eigenvalue weighted by Crippen LogP contribution is 2.31. The molecule has 1 N–H and O–H groups in total. The van der Waals surface area contributed by atoms with Crippen LogP contribution in [-0.4, -0.2) is 54.7 Å². The maximum absolute atomic E-state index is 12.6. The van der Waals surface area contributed by atoms with Gasteiger partial charge in [0.05, 0.1) is 12.3 Å². The van der Waals surface area contributed by atoms with E-state index in [2.05, 4.69) is 5.32 Å². The van der Waals surface area contributed by atoms with Gasteiger partial charge < -0.3 is 19.9 Å². The van der Waals surface area contributed by atoms with Crippen LogP contribution in [0.1, 0.15) is 6.92 Å². The van der Waals surface area contributed by atoms with Gasteiger partial charge in [-0.15, -0.1) is 11.3 Å². The van der Waals surface area contributed by atoms with E-state index in [4.69, 9.17) is 4.74 Å². The lowest BCUT2D eigenvalue weighted by Crippen LogP contribution is -2.51. The molecule has 132 valence electrons. The van der Waals surface area contributed by atoms with Gasteiger partial charge >= 0.3 is 12.1 Å². The largest absolute Gasteiger partial charge is 0.450 e. The number of benzene rings is 1. The molecule has 0 radical (unpaired) electrons. The number of amides is 3. The number of piperazine rings is 1. The van der Waals surface area contributed by atoms with Gasteiger partial charge in [0.15, 0.2) is 0 Å². The van der Waals surface area contributed by atoms with Gasteiger partial charge in [-0.25, -0.2) is 9.59 Å². The maximum atomic E-state index is 12.6. The summed E-state index contributed by atoms with van der Waals surface area (Å²) in [6.45, 7) is 4.10. The number of para-hydroxylation sites is 1. The number of ether oxygens (including phenoxy) is 1. The van der Waals surface area contributed by atoms with E-state index < -0.39 is 0 Å². The van der Waals surface area contributed by atoms with Gasteiger partial charge in [0.25, 0.3) is 0 Å². The first kappa shape index (κ1) is 17.3. The van der Waals surface area contributed by atoms with Crippen molar-refractivity contribution in [2.45, 2.75) is 6.92 Å². The van der Waals surface area contributed by atoms with Gasteiger partial charge in [-0.1, -0.05) is 24.3 Å². The van der Waals surface area contributed by atoms with E-state index in [-0.39, 0.29) is 12.1 Å². The Balaban J connectivity index is 1.62. The van der Waals surface area contributed by atoms with Gasteiger partial charge in [0.1, 0.15) is 0 Å². The molecule has 0 aliphatic carbocycles. The molecule has 3 amide bonds. The Labute approximate surface area is 151 Å². The van der Waals surface area contributed by atoms with Crippen molar-refractivity contribution in [2.75, 3.05) is 38.1 Å². The molecular formula is C18H21N3O3S. The average Bonchev–Trinajstić information content (AvgIpc) is 3.17. The molecule has 1 fully saturated rings. The summed E-state index contributed by atoms with van der Waals surface area (Å²) >= 11 is 1.64. The lowest BCUT2D eigenvalue weighted by Gasteiger charge is -2.34.